The molecule has 0 amide bonds. The lowest BCUT2D eigenvalue weighted by Gasteiger charge is -2.17. The fourth-order valence-electron chi connectivity index (χ4n) is 6.36. The van der Waals surface area contributed by atoms with E-state index in [9.17, 15) is 0 Å². The van der Waals surface area contributed by atoms with Crippen LogP contribution in [0.15, 0.2) is 152 Å². The van der Waals surface area contributed by atoms with Crippen LogP contribution in [0.3, 0.4) is 0 Å². The van der Waals surface area contributed by atoms with Gasteiger partial charge >= 0.3 is 0 Å². The van der Waals surface area contributed by atoms with Crippen LogP contribution in [0.1, 0.15) is 0 Å². The molecule has 0 unspecified atom stereocenters. The molecule has 3 heterocycles. The van der Waals surface area contributed by atoms with Crippen molar-refractivity contribution in [3.63, 3.8) is 0 Å². The van der Waals surface area contributed by atoms with Gasteiger partial charge < -0.3 is 0 Å². The van der Waals surface area contributed by atoms with Crippen molar-refractivity contribution in [2.45, 2.75) is 0 Å². The molecule has 0 saturated carbocycles. The van der Waals surface area contributed by atoms with Crippen LogP contribution in [-0.4, -0.2) is 23.7 Å². The van der Waals surface area contributed by atoms with Crippen LogP contribution in [0.25, 0.3) is 89.0 Å². The first-order valence-corrected chi connectivity index (χ1v) is 16.2. The maximum absolute atomic E-state index is 5.22. The predicted molar refractivity (Wildman–Crippen MR) is 193 cm³/mol. The number of rotatable bonds is 5. The second-order valence-electron chi connectivity index (χ2n) is 11.4. The highest BCUT2D eigenvalue weighted by atomic mass is 32.1. The molecule has 0 aliphatic carbocycles. The van der Waals surface area contributed by atoms with Crippen molar-refractivity contribution in [1.82, 2.24) is 23.7 Å². The van der Waals surface area contributed by atoms with Crippen molar-refractivity contribution in [2.75, 3.05) is 0 Å². The Morgan fingerprint density at radius 1 is 0.362 bits per heavy atom. The minimum atomic E-state index is 0.693. The van der Waals surface area contributed by atoms with Gasteiger partial charge in [0.15, 0.2) is 5.82 Å². The molecular weight excluding hydrogens is 595 g/mol. The average molecular weight is 620 g/mol. The van der Waals surface area contributed by atoms with Crippen LogP contribution < -0.4 is 0 Å². The molecule has 0 aliphatic heterocycles. The lowest BCUT2D eigenvalue weighted by Crippen LogP contribution is -2.01. The molecule has 6 heteroatoms. The van der Waals surface area contributed by atoms with Gasteiger partial charge in [-0.15, -0.1) is 0 Å². The van der Waals surface area contributed by atoms with E-state index in [2.05, 4.69) is 118 Å². The summed E-state index contributed by atoms with van der Waals surface area (Å²) in [5.41, 5.74) is 11.5. The summed E-state index contributed by atoms with van der Waals surface area (Å²) < 4.78 is 9.19. The highest BCUT2D eigenvalue weighted by Gasteiger charge is 2.21. The summed E-state index contributed by atoms with van der Waals surface area (Å²) in [7, 11) is 0. The van der Waals surface area contributed by atoms with Gasteiger partial charge in [0.2, 0.25) is 0 Å². The molecule has 5 nitrogen and oxygen atoms in total. The van der Waals surface area contributed by atoms with E-state index < -0.39 is 0 Å². The largest absolute Gasteiger partial charge is 0.247 e. The minimum Gasteiger partial charge on any atom is -0.247 e. The van der Waals surface area contributed by atoms with E-state index >= 15 is 0 Å². The first kappa shape index (κ1) is 27.2. The van der Waals surface area contributed by atoms with Crippen molar-refractivity contribution in [3.8, 4) is 56.3 Å². The number of para-hydroxylation sites is 1. The van der Waals surface area contributed by atoms with E-state index in [0.29, 0.717) is 5.82 Å². The Balaban J connectivity index is 1.27. The number of nitrogens with zero attached hydrogens (tertiary/aromatic N) is 5. The van der Waals surface area contributed by atoms with Crippen LogP contribution in [-0.2, 0) is 0 Å². The number of pyridine rings is 1. The number of benzene rings is 6. The van der Waals surface area contributed by atoms with E-state index in [-0.39, 0.29) is 0 Å². The summed E-state index contributed by atoms with van der Waals surface area (Å²) in [4.78, 5) is 15.6. The topological polar surface area (TPSA) is 64.5 Å². The van der Waals surface area contributed by atoms with Gasteiger partial charge in [-0.1, -0.05) is 133 Å². The quantitative estimate of drug-likeness (QED) is 0.179. The predicted octanol–water partition coefficient (Wildman–Crippen LogP) is 10.5. The fraction of sp³-hybridized carbons (Fsp3) is 0. The Morgan fingerprint density at radius 3 is 1.57 bits per heavy atom. The molecule has 220 valence electrons. The normalized spacial score (nSPS) is 11.4. The molecule has 0 atom stereocenters. The van der Waals surface area contributed by atoms with Crippen LogP contribution in [0, 0.1) is 0 Å². The Labute approximate surface area is 275 Å². The molecule has 0 N–H and O–H groups in total. The molecule has 6 aromatic carbocycles. The van der Waals surface area contributed by atoms with Crippen molar-refractivity contribution >= 4 is 44.4 Å². The monoisotopic (exact) mass is 619 g/mol. The third-order valence-electron chi connectivity index (χ3n) is 8.57. The van der Waals surface area contributed by atoms with Crippen LogP contribution >= 0.6 is 11.7 Å². The Morgan fingerprint density at radius 2 is 0.915 bits per heavy atom. The average Bonchev–Trinajstić information content (AvgIpc) is 3.65. The standard InChI is InChI=1S/C41H25N5S/c1-4-12-27(13-5-1)38-35(39(28-14-6-2-7-15-28)44-41(43-38)30-16-8-3-9-17-30)26-20-22-29(23-21-26)37-32-24-25-34-40(46-47-45-34)36(32)31-18-10-11-19-33(31)42-37/h1-25H. The smallest absolute Gasteiger partial charge is 0.160 e. The van der Waals surface area contributed by atoms with Gasteiger partial charge in [-0.3, -0.25) is 0 Å². The Kier molecular flexibility index (Phi) is 6.58. The maximum Gasteiger partial charge on any atom is 0.160 e. The second kappa shape index (κ2) is 11.4. The molecular formula is C41H25N5S. The van der Waals surface area contributed by atoms with Gasteiger partial charge in [-0.05, 0) is 23.8 Å². The number of hydrogen-bond donors (Lipinski definition) is 0. The Bertz CT molecular complexity index is 2490. The zero-order valence-electron chi connectivity index (χ0n) is 25.1. The zero-order chi connectivity index (χ0) is 31.2. The second-order valence-corrected chi connectivity index (χ2v) is 11.9. The first-order chi connectivity index (χ1) is 23.3. The van der Waals surface area contributed by atoms with Gasteiger partial charge in [0.05, 0.1) is 34.3 Å². The molecule has 0 spiro atoms. The van der Waals surface area contributed by atoms with Crippen molar-refractivity contribution in [2.24, 2.45) is 0 Å². The number of aromatic nitrogens is 5. The van der Waals surface area contributed by atoms with E-state index in [4.69, 9.17) is 15.0 Å². The summed E-state index contributed by atoms with van der Waals surface area (Å²) >= 11 is 1.24. The fourth-order valence-corrected chi connectivity index (χ4v) is 6.90. The minimum absolute atomic E-state index is 0.693. The lowest BCUT2D eigenvalue weighted by atomic mass is 9.92. The summed E-state index contributed by atoms with van der Waals surface area (Å²) in [5.74, 6) is 0.693. The molecule has 0 bridgehead atoms. The molecule has 9 rings (SSSR count). The van der Waals surface area contributed by atoms with Crippen LogP contribution in [0.2, 0.25) is 0 Å². The summed E-state index contributed by atoms with van der Waals surface area (Å²) in [6, 6.07) is 52.0. The summed E-state index contributed by atoms with van der Waals surface area (Å²) in [6.07, 6.45) is 0. The first-order valence-electron chi connectivity index (χ1n) is 15.4. The van der Waals surface area contributed by atoms with Gasteiger partial charge in [0.1, 0.15) is 11.0 Å². The maximum atomic E-state index is 5.22. The van der Waals surface area contributed by atoms with E-state index in [1.165, 1.54) is 11.7 Å². The molecule has 47 heavy (non-hydrogen) atoms. The molecule has 0 aliphatic rings. The van der Waals surface area contributed by atoms with Crippen molar-refractivity contribution in [3.05, 3.63) is 152 Å². The van der Waals surface area contributed by atoms with E-state index in [1.807, 2.05) is 42.5 Å². The molecule has 0 saturated heterocycles. The highest BCUT2D eigenvalue weighted by Crippen LogP contribution is 2.41. The van der Waals surface area contributed by atoms with Crippen LogP contribution in [0.4, 0.5) is 0 Å². The van der Waals surface area contributed by atoms with Gasteiger partial charge in [0.25, 0.3) is 0 Å². The van der Waals surface area contributed by atoms with E-state index in [1.54, 1.807) is 0 Å². The van der Waals surface area contributed by atoms with Gasteiger partial charge in [-0.25, -0.2) is 15.0 Å². The van der Waals surface area contributed by atoms with Gasteiger partial charge in [-0.2, -0.15) is 8.75 Å². The SMILES string of the molecule is c1ccc(-c2nc(-c3ccccc3)c(-c3ccc(-c4nc5ccccc5c5c4ccc4nsnc45)cc3)c(-c3ccccc3)n2)cc1. The number of hydrogen-bond acceptors (Lipinski definition) is 6. The summed E-state index contributed by atoms with van der Waals surface area (Å²) in [6.45, 7) is 0. The van der Waals surface area contributed by atoms with Crippen molar-refractivity contribution in [1.29, 1.82) is 0 Å². The Hall–Kier alpha value is -6.11. The van der Waals surface area contributed by atoms with E-state index in [0.717, 1.165) is 83.2 Å². The van der Waals surface area contributed by atoms with Gasteiger partial charge in [0, 0.05) is 44.0 Å². The third-order valence-corrected chi connectivity index (χ3v) is 9.11. The van der Waals surface area contributed by atoms with Crippen molar-refractivity contribution < 1.29 is 0 Å². The molecule has 3 aromatic heterocycles. The molecule has 9 aromatic rings. The third kappa shape index (κ3) is 4.74. The highest BCUT2D eigenvalue weighted by molar-refractivity contribution is 7.00. The zero-order valence-corrected chi connectivity index (χ0v) is 25.9. The summed E-state index contributed by atoms with van der Waals surface area (Å²) in [5, 5.41) is 3.22. The lowest BCUT2D eigenvalue weighted by molar-refractivity contribution is 1.18. The molecule has 0 fully saturated rings. The molecule has 0 radical (unpaired) electrons. The number of fused-ring (bicyclic) bond motifs is 5. The van der Waals surface area contributed by atoms with Crippen LogP contribution in [0.5, 0.6) is 0 Å².